The van der Waals surface area contributed by atoms with Crippen LogP contribution >= 0.6 is 0 Å². The normalized spacial score (nSPS) is 34.7. The van der Waals surface area contributed by atoms with Crippen LogP contribution in [-0.2, 0) is 9.53 Å². The number of nitrogens with one attached hydrogen (secondary N) is 1. The van der Waals surface area contributed by atoms with Gasteiger partial charge in [0, 0.05) is 31.8 Å². The summed E-state index contributed by atoms with van der Waals surface area (Å²) in [7, 11) is 1.75. The summed E-state index contributed by atoms with van der Waals surface area (Å²) in [4.78, 5) is 23.4. The van der Waals surface area contributed by atoms with Gasteiger partial charge < -0.3 is 15.0 Å². The number of ether oxygens (including phenoxy) is 1. The number of aromatic nitrogens is 2. The number of nitrogens with zero attached hydrogens (tertiary/aromatic N) is 3. The number of amides is 1. The zero-order chi connectivity index (χ0) is 16.6. The first-order chi connectivity index (χ1) is 11.7. The number of hydrogen-bond donors (Lipinski definition) is 1. The quantitative estimate of drug-likeness (QED) is 0.891. The maximum absolute atomic E-state index is 12.8. The van der Waals surface area contributed by atoms with Crippen LogP contribution in [0.25, 0.3) is 0 Å². The molecule has 130 valence electrons. The van der Waals surface area contributed by atoms with Crippen LogP contribution in [0, 0.1) is 11.3 Å². The lowest BCUT2D eigenvalue weighted by molar-refractivity contribution is -0.130. The summed E-state index contributed by atoms with van der Waals surface area (Å²) in [5, 5.41) is 3.25. The molecule has 6 nitrogen and oxygen atoms in total. The molecule has 2 aliphatic carbocycles. The largest absolute Gasteiger partial charge is 0.380 e. The molecule has 0 radical (unpaired) electrons. The van der Waals surface area contributed by atoms with Crippen LogP contribution in [0.4, 0.5) is 5.82 Å². The number of carbonyl (C=O) groups is 1. The third-order valence-electron chi connectivity index (χ3n) is 6.29. The molecule has 1 amide bonds. The molecule has 1 saturated heterocycles. The van der Waals surface area contributed by atoms with E-state index < -0.39 is 0 Å². The second-order valence-corrected chi connectivity index (χ2v) is 7.61. The Morgan fingerprint density at radius 2 is 2.29 bits per heavy atom. The number of hydrogen-bond acceptors (Lipinski definition) is 5. The molecule has 3 aliphatic rings. The van der Waals surface area contributed by atoms with Crippen molar-refractivity contribution in [3.05, 3.63) is 18.6 Å². The highest BCUT2D eigenvalue weighted by Gasteiger charge is 2.50. The van der Waals surface area contributed by atoms with Gasteiger partial charge in [-0.3, -0.25) is 4.79 Å². The van der Waals surface area contributed by atoms with E-state index in [0.717, 1.165) is 44.0 Å². The van der Waals surface area contributed by atoms with Crippen LogP contribution in [0.15, 0.2) is 18.6 Å². The molecule has 4 rings (SSSR count). The fourth-order valence-electron chi connectivity index (χ4n) is 4.88. The minimum Gasteiger partial charge on any atom is -0.380 e. The smallest absolute Gasteiger partial charge is 0.226 e. The van der Waals surface area contributed by atoms with Crippen molar-refractivity contribution in [1.82, 2.24) is 15.3 Å². The Hall–Kier alpha value is -1.69. The number of carbonyl (C=O) groups excluding carboxylic acids is 1. The molecule has 3 fully saturated rings. The van der Waals surface area contributed by atoms with Crippen molar-refractivity contribution in [3.63, 3.8) is 0 Å². The fraction of sp³-hybridized carbons (Fsp3) is 0.722. The first-order valence-corrected chi connectivity index (χ1v) is 9.04. The summed E-state index contributed by atoms with van der Waals surface area (Å²) < 4.78 is 5.55. The summed E-state index contributed by atoms with van der Waals surface area (Å²) in [5.41, 5.74) is -0.0658. The number of methoxy groups -OCH3 is 1. The van der Waals surface area contributed by atoms with E-state index >= 15 is 0 Å². The van der Waals surface area contributed by atoms with Crippen molar-refractivity contribution >= 4 is 11.7 Å². The van der Waals surface area contributed by atoms with Crippen LogP contribution in [-0.4, -0.2) is 48.2 Å². The van der Waals surface area contributed by atoms with Crippen molar-refractivity contribution < 1.29 is 9.53 Å². The summed E-state index contributed by atoms with van der Waals surface area (Å²) >= 11 is 0. The molecule has 1 N–H and O–H groups in total. The van der Waals surface area contributed by atoms with Gasteiger partial charge in [0.2, 0.25) is 5.91 Å². The Labute approximate surface area is 143 Å². The van der Waals surface area contributed by atoms with Gasteiger partial charge in [0.05, 0.1) is 12.1 Å². The first kappa shape index (κ1) is 15.8. The van der Waals surface area contributed by atoms with E-state index in [1.165, 1.54) is 12.8 Å². The highest BCUT2D eigenvalue weighted by atomic mass is 16.5. The third-order valence-corrected chi connectivity index (χ3v) is 6.29. The van der Waals surface area contributed by atoms with Crippen molar-refractivity contribution in [3.8, 4) is 0 Å². The minimum atomic E-state index is -0.0658. The van der Waals surface area contributed by atoms with Crippen molar-refractivity contribution in [2.45, 2.75) is 50.7 Å². The molecule has 0 spiro atoms. The second kappa shape index (κ2) is 6.31. The summed E-state index contributed by atoms with van der Waals surface area (Å²) in [5.74, 6) is 1.97. The molecule has 1 aliphatic heterocycles. The molecule has 2 heterocycles. The van der Waals surface area contributed by atoms with Crippen LogP contribution < -0.4 is 10.2 Å². The lowest BCUT2D eigenvalue weighted by Gasteiger charge is -2.29. The highest BCUT2D eigenvalue weighted by Crippen LogP contribution is 2.54. The van der Waals surface area contributed by atoms with E-state index in [1.54, 1.807) is 19.6 Å². The van der Waals surface area contributed by atoms with Gasteiger partial charge in [0.1, 0.15) is 12.1 Å². The van der Waals surface area contributed by atoms with Crippen LogP contribution in [0.3, 0.4) is 0 Å². The van der Waals surface area contributed by atoms with Gasteiger partial charge in [-0.15, -0.1) is 0 Å². The molecule has 0 aromatic carbocycles. The SMILES string of the molecule is CO[C@H]1C[C@@H](CNC(=O)C23CCC(CC2)C3)N(c2ccncn2)C1. The molecule has 24 heavy (non-hydrogen) atoms. The molecule has 1 aromatic rings. The number of anilines is 1. The summed E-state index contributed by atoms with van der Waals surface area (Å²) in [6, 6.07) is 2.15. The average Bonchev–Trinajstić information content (AvgIpc) is 3.35. The summed E-state index contributed by atoms with van der Waals surface area (Å²) in [6.45, 7) is 1.47. The Kier molecular flexibility index (Phi) is 4.16. The molecule has 0 unspecified atom stereocenters. The maximum Gasteiger partial charge on any atom is 0.226 e. The van der Waals surface area contributed by atoms with Gasteiger partial charge in [-0.25, -0.2) is 9.97 Å². The lowest BCUT2D eigenvalue weighted by Crippen LogP contribution is -2.45. The monoisotopic (exact) mass is 330 g/mol. The number of fused-ring (bicyclic) bond motifs is 2. The Morgan fingerprint density at radius 1 is 1.46 bits per heavy atom. The lowest BCUT2D eigenvalue weighted by atomic mass is 9.83. The van der Waals surface area contributed by atoms with Crippen LogP contribution in [0.2, 0.25) is 0 Å². The predicted octanol–water partition coefficient (Wildman–Crippen LogP) is 1.77. The first-order valence-electron chi connectivity index (χ1n) is 9.04. The van der Waals surface area contributed by atoms with Gasteiger partial charge in [-0.05, 0) is 50.5 Å². The molecule has 6 heteroatoms. The molecule has 2 saturated carbocycles. The van der Waals surface area contributed by atoms with E-state index in [-0.39, 0.29) is 23.5 Å². The zero-order valence-corrected chi connectivity index (χ0v) is 14.3. The Morgan fingerprint density at radius 3 is 2.92 bits per heavy atom. The molecule has 2 atom stereocenters. The van der Waals surface area contributed by atoms with Gasteiger partial charge >= 0.3 is 0 Å². The Balaban J connectivity index is 1.41. The van der Waals surface area contributed by atoms with Crippen molar-refractivity contribution in [2.75, 3.05) is 25.1 Å². The predicted molar refractivity (Wildman–Crippen MR) is 90.6 cm³/mol. The average molecular weight is 330 g/mol. The topological polar surface area (TPSA) is 67.3 Å². The second-order valence-electron chi connectivity index (χ2n) is 7.61. The zero-order valence-electron chi connectivity index (χ0n) is 14.3. The molecular formula is C18H26N4O2. The van der Waals surface area contributed by atoms with E-state index in [9.17, 15) is 4.79 Å². The van der Waals surface area contributed by atoms with Crippen LogP contribution in [0.1, 0.15) is 38.5 Å². The van der Waals surface area contributed by atoms with E-state index in [0.29, 0.717) is 6.54 Å². The maximum atomic E-state index is 12.8. The van der Waals surface area contributed by atoms with Gasteiger partial charge in [-0.2, -0.15) is 0 Å². The fourth-order valence-corrected chi connectivity index (χ4v) is 4.88. The molecule has 1 aromatic heterocycles. The van der Waals surface area contributed by atoms with Gasteiger partial charge in [0.15, 0.2) is 0 Å². The van der Waals surface area contributed by atoms with Gasteiger partial charge in [0.25, 0.3) is 0 Å². The van der Waals surface area contributed by atoms with Crippen molar-refractivity contribution in [2.24, 2.45) is 11.3 Å². The third kappa shape index (κ3) is 2.77. The van der Waals surface area contributed by atoms with E-state index in [2.05, 4.69) is 20.2 Å². The standard InChI is InChI=1S/C18H26N4O2/c1-24-15-8-14(22(11-15)16-4-7-19-12-21-16)10-20-17(23)18-5-2-13(9-18)3-6-18/h4,7,12-15H,2-3,5-6,8-11H2,1H3,(H,20,23)/t13?,14-,15-,18?/m0/s1. The molecule has 2 bridgehead atoms. The van der Waals surface area contributed by atoms with Crippen molar-refractivity contribution in [1.29, 1.82) is 0 Å². The number of rotatable bonds is 5. The van der Waals surface area contributed by atoms with E-state index in [1.807, 2.05) is 6.07 Å². The Bertz CT molecular complexity index is 586. The molecular weight excluding hydrogens is 304 g/mol. The summed E-state index contributed by atoms with van der Waals surface area (Å²) in [6.07, 6.45) is 10.1. The minimum absolute atomic E-state index is 0.0658. The van der Waals surface area contributed by atoms with Crippen LogP contribution in [0.5, 0.6) is 0 Å². The highest BCUT2D eigenvalue weighted by molar-refractivity contribution is 5.83. The van der Waals surface area contributed by atoms with E-state index in [4.69, 9.17) is 4.74 Å². The van der Waals surface area contributed by atoms with Gasteiger partial charge in [-0.1, -0.05) is 0 Å².